The molecular formula is C21H29N5O3. The van der Waals surface area contributed by atoms with Gasteiger partial charge in [0.15, 0.2) is 5.69 Å². The number of aromatic nitrogens is 3. The van der Waals surface area contributed by atoms with Gasteiger partial charge in [0.25, 0.3) is 5.91 Å². The van der Waals surface area contributed by atoms with Crippen LogP contribution in [-0.2, 0) is 4.74 Å². The van der Waals surface area contributed by atoms with Crippen molar-refractivity contribution >= 4 is 11.6 Å². The summed E-state index contributed by atoms with van der Waals surface area (Å²) in [7, 11) is 0. The summed E-state index contributed by atoms with van der Waals surface area (Å²) in [6, 6.07) is 6.02. The molecule has 0 atom stereocenters. The van der Waals surface area contributed by atoms with Gasteiger partial charge in [-0.2, -0.15) is 0 Å². The molecule has 2 fully saturated rings. The number of carbonyl (C=O) groups excluding carboxylic acids is 1. The average molecular weight is 399 g/mol. The first-order chi connectivity index (χ1) is 14.2. The van der Waals surface area contributed by atoms with Crippen molar-refractivity contribution in [2.45, 2.75) is 38.6 Å². The highest BCUT2D eigenvalue weighted by molar-refractivity contribution is 6.02. The van der Waals surface area contributed by atoms with Gasteiger partial charge in [0, 0.05) is 25.0 Å². The zero-order valence-corrected chi connectivity index (χ0v) is 16.9. The number of aryl methyl sites for hydroxylation is 1. The minimum absolute atomic E-state index is 0.260. The first-order valence-electron chi connectivity index (χ1n) is 10.4. The summed E-state index contributed by atoms with van der Waals surface area (Å²) in [5, 5.41) is 14.5. The van der Waals surface area contributed by atoms with Gasteiger partial charge in [-0.15, -0.1) is 5.10 Å². The fraction of sp³-hybridized carbons (Fsp3) is 0.571. The molecule has 1 aromatic heterocycles. The van der Waals surface area contributed by atoms with Crippen LogP contribution < -0.4 is 15.4 Å². The van der Waals surface area contributed by atoms with E-state index in [1.807, 2.05) is 29.8 Å². The van der Waals surface area contributed by atoms with E-state index < -0.39 is 0 Å². The molecule has 0 unspecified atom stereocenters. The van der Waals surface area contributed by atoms with E-state index in [1.54, 1.807) is 6.20 Å². The first kappa shape index (κ1) is 19.8. The van der Waals surface area contributed by atoms with E-state index in [0.717, 1.165) is 63.3 Å². The number of carbonyl (C=O) groups is 1. The lowest BCUT2D eigenvalue weighted by molar-refractivity contribution is 0.0496. The maximum absolute atomic E-state index is 12.6. The molecule has 8 heteroatoms. The fourth-order valence-electron chi connectivity index (χ4n) is 3.78. The van der Waals surface area contributed by atoms with Gasteiger partial charge in [0.2, 0.25) is 0 Å². The van der Waals surface area contributed by atoms with Gasteiger partial charge in [-0.3, -0.25) is 4.79 Å². The standard InChI is InChI=1S/C21H29N5O3/c1-15-2-3-17(12-20(15)29-14-16-6-10-28-11-7-16)23-21(27)19-13-26(25-24-19)18-4-8-22-9-5-18/h2-3,12-13,16,18,22H,4-11,14H2,1H3,(H,23,27). The van der Waals surface area contributed by atoms with Crippen molar-refractivity contribution in [1.29, 1.82) is 0 Å². The summed E-state index contributed by atoms with van der Waals surface area (Å²) in [6.45, 7) is 6.22. The second kappa shape index (κ2) is 9.37. The van der Waals surface area contributed by atoms with Crippen molar-refractivity contribution in [3.63, 3.8) is 0 Å². The van der Waals surface area contributed by atoms with Gasteiger partial charge >= 0.3 is 0 Å². The highest BCUT2D eigenvalue weighted by atomic mass is 16.5. The molecule has 0 spiro atoms. The number of hydrogen-bond donors (Lipinski definition) is 2. The normalized spacial score (nSPS) is 18.5. The number of rotatable bonds is 6. The van der Waals surface area contributed by atoms with Gasteiger partial charge < -0.3 is 20.1 Å². The fourth-order valence-corrected chi connectivity index (χ4v) is 3.78. The molecule has 4 rings (SSSR count). The van der Waals surface area contributed by atoms with Crippen LogP contribution in [0.1, 0.15) is 47.8 Å². The van der Waals surface area contributed by atoms with Gasteiger partial charge in [-0.25, -0.2) is 4.68 Å². The van der Waals surface area contributed by atoms with Crippen LogP contribution >= 0.6 is 0 Å². The van der Waals surface area contributed by atoms with Gasteiger partial charge in [0.05, 0.1) is 18.8 Å². The minimum atomic E-state index is -0.260. The SMILES string of the molecule is Cc1ccc(NC(=O)c2cn(C3CCNCC3)nn2)cc1OCC1CCOCC1. The molecule has 3 heterocycles. The molecule has 0 aliphatic carbocycles. The summed E-state index contributed by atoms with van der Waals surface area (Å²) in [5.74, 6) is 1.06. The van der Waals surface area contributed by atoms with Crippen LogP contribution in [0, 0.1) is 12.8 Å². The van der Waals surface area contributed by atoms with E-state index in [0.29, 0.717) is 29.9 Å². The first-order valence-corrected chi connectivity index (χ1v) is 10.4. The molecule has 156 valence electrons. The number of nitrogens with one attached hydrogen (secondary N) is 2. The second-order valence-electron chi connectivity index (χ2n) is 7.87. The van der Waals surface area contributed by atoms with Crippen LogP contribution in [0.15, 0.2) is 24.4 Å². The molecule has 1 aromatic carbocycles. The Labute approximate surface area is 171 Å². The van der Waals surface area contributed by atoms with Crippen molar-refractivity contribution in [2.75, 3.05) is 38.2 Å². The summed E-state index contributed by atoms with van der Waals surface area (Å²) < 4.78 is 13.3. The number of piperidine rings is 1. The number of nitrogens with zero attached hydrogens (tertiary/aromatic N) is 3. The van der Waals surface area contributed by atoms with Crippen LogP contribution in [0.5, 0.6) is 5.75 Å². The lowest BCUT2D eigenvalue weighted by Gasteiger charge is -2.22. The lowest BCUT2D eigenvalue weighted by atomic mass is 10.0. The smallest absolute Gasteiger partial charge is 0.277 e. The summed E-state index contributed by atoms with van der Waals surface area (Å²) in [5.41, 5.74) is 2.07. The number of benzene rings is 1. The zero-order chi connectivity index (χ0) is 20.1. The molecular weight excluding hydrogens is 370 g/mol. The quantitative estimate of drug-likeness (QED) is 0.776. The predicted octanol–water partition coefficient (Wildman–Crippen LogP) is 2.57. The van der Waals surface area contributed by atoms with Gasteiger partial charge in [-0.05, 0) is 63.2 Å². The zero-order valence-electron chi connectivity index (χ0n) is 16.9. The Balaban J connectivity index is 1.37. The van der Waals surface area contributed by atoms with Crippen LogP contribution in [0.2, 0.25) is 0 Å². The number of ether oxygens (including phenoxy) is 2. The molecule has 2 aliphatic heterocycles. The number of hydrogen-bond acceptors (Lipinski definition) is 6. The summed E-state index contributed by atoms with van der Waals surface area (Å²) in [4.78, 5) is 12.6. The second-order valence-corrected chi connectivity index (χ2v) is 7.87. The summed E-state index contributed by atoms with van der Waals surface area (Å²) in [6.07, 6.45) is 5.79. The molecule has 0 radical (unpaired) electrons. The summed E-state index contributed by atoms with van der Waals surface area (Å²) >= 11 is 0. The third-order valence-electron chi connectivity index (χ3n) is 5.69. The van der Waals surface area contributed by atoms with E-state index in [2.05, 4.69) is 20.9 Å². The lowest BCUT2D eigenvalue weighted by Crippen LogP contribution is -2.29. The van der Waals surface area contributed by atoms with Crippen molar-refractivity contribution < 1.29 is 14.3 Å². The number of anilines is 1. The average Bonchev–Trinajstić information content (AvgIpc) is 3.26. The van der Waals surface area contributed by atoms with Crippen LogP contribution in [0.4, 0.5) is 5.69 Å². The van der Waals surface area contributed by atoms with Crippen molar-refractivity contribution in [2.24, 2.45) is 5.92 Å². The predicted molar refractivity (Wildman–Crippen MR) is 109 cm³/mol. The topological polar surface area (TPSA) is 90.3 Å². The van der Waals surface area contributed by atoms with Crippen LogP contribution in [0.3, 0.4) is 0 Å². The Morgan fingerprint density at radius 3 is 2.86 bits per heavy atom. The Bertz CT molecular complexity index is 825. The van der Waals surface area contributed by atoms with E-state index in [1.165, 1.54) is 0 Å². The van der Waals surface area contributed by atoms with Gasteiger partial charge in [-0.1, -0.05) is 11.3 Å². The van der Waals surface area contributed by atoms with E-state index in [4.69, 9.17) is 9.47 Å². The largest absolute Gasteiger partial charge is 0.493 e. The molecule has 2 N–H and O–H groups in total. The van der Waals surface area contributed by atoms with Crippen molar-refractivity contribution in [3.05, 3.63) is 35.7 Å². The van der Waals surface area contributed by atoms with Gasteiger partial charge in [0.1, 0.15) is 5.75 Å². The molecule has 2 aromatic rings. The maximum Gasteiger partial charge on any atom is 0.277 e. The Kier molecular flexibility index (Phi) is 6.41. The molecule has 8 nitrogen and oxygen atoms in total. The van der Waals surface area contributed by atoms with Crippen LogP contribution in [0.25, 0.3) is 0 Å². The molecule has 0 bridgehead atoms. The van der Waals surface area contributed by atoms with Crippen molar-refractivity contribution in [1.82, 2.24) is 20.3 Å². The Morgan fingerprint density at radius 2 is 2.07 bits per heavy atom. The highest BCUT2D eigenvalue weighted by Crippen LogP contribution is 2.25. The molecule has 0 saturated carbocycles. The third kappa shape index (κ3) is 5.13. The minimum Gasteiger partial charge on any atom is -0.493 e. The van der Waals surface area contributed by atoms with Crippen LogP contribution in [-0.4, -0.2) is 53.8 Å². The molecule has 29 heavy (non-hydrogen) atoms. The Hall–Kier alpha value is -2.45. The third-order valence-corrected chi connectivity index (χ3v) is 5.69. The van der Waals surface area contributed by atoms with E-state index >= 15 is 0 Å². The molecule has 2 saturated heterocycles. The van der Waals surface area contributed by atoms with Crippen molar-refractivity contribution in [3.8, 4) is 5.75 Å². The monoisotopic (exact) mass is 399 g/mol. The maximum atomic E-state index is 12.6. The highest BCUT2D eigenvalue weighted by Gasteiger charge is 2.19. The van der Waals surface area contributed by atoms with E-state index in [-0.39, 0.29) is 5.91 Å². The number of amides is 1. The molecule has 2 aliphatic rings. The molecule has 1 amide bonds. The van der Waals surface area contributed by atoms with E-state index in [9.17, 15) is 4.79 Å². The Morgan fingerprint density at radius 1 is 1.28 bits per heavy atom.